The normalized spacial score (nSPS) is 26.2. The number of benzene rings is 1. The molecule has 130 valence electrons. The summed E-state index contributed by atoms with van der Waals surface area (Å²) in [7, 11) is 0. The number of amides is 2. The number of nitrogens with one attached hydrogen (secondary N) is 2. The lowest BCUT2D eigenvalue weighted by molar-refractivity contribution is -0.718. The molecule has 0 unspecified atom stereocenters. The van der Waals surface area contributed by atoms with Gasteiger partial charge in [0.25, 0.3) is 5.91 Å². The van der Waals surface area contributed by atoms with Gasteiger partial charge in [-0.2, -0.15) is 0 Å². The van der Waals surface area contributed by atoms with Crippen molar-refractivity contribution in [1.29, 1.82) is 0 Å². The van der Waals surface area contributed by atoms with Crippen molar-refractivity contribution in [3.63, 3.8) is 0 Å². The zero-order valence-electron chi connectivity index (χ0n) is 14.1. The SMILES string of the molecule is CCOc1ccc(NC(=O)C[C@@H]2[NH2+][C@H]3CCCC[C@H]3NC2=O)cc1. The van der Waals surface area contributed by atoms with E-state index < -0.39 is 0 Å². The molecule has 3 atom stereocenters. The highest BCUT2D eigenvalue weighted by Gasteiger charge is 2.40. The van der Waals surface area contributed by atoms with Gasteiger partial charge in [0, 0.05) is 12.1 Å². The van der Waals surface area contributed by atoms with Gasteiger partial charge in [0.05, 0.1) is 19.1 Å². The van der Waals surface area contributed by atoms with E-state index in [0.717, 1.165) is 24.3 Å². The summed E-state index contributed by atoms with van der Waals surface area (Å²) in [6, 6.07) is 7.63. The maximum Gasteiger partial charge on any atom is 0.279 e. The first-order valence-corrected chi connectivity index (χ1v) is 8.84. The summed E-state index contributed by atoms with van der Waals surface area (Å²) in [5.74, 6) is 0.628. The highest BCUT2D eigenvalue weighted by molar-refractivity contribution is 5.95. The maximum absolute atomic E-state index is 12.3. The number of anilines is 1. The summed E-state index contributed by atoms with van der Waals surface area (Å²) in [5.41, 5.74) is 0.718. The van der Waals surface area contributed by atoms with Gasteiger partial charge in [-0.1, -0.05) is 6.42 Å². The van der Waals surface area contributed by atoms with Crippen molar-refractivity contribution < 1.29 is 19.6 Å². The van der Waals surface area contributed by atoms with Crippen LogP contribution < -0.4 is 20.7 Å². The van der Waals surface area contributed by atoms with Crippen LogP contribution in [-0.2, 0) is 9.59 Å². The number of nitrogens with two attached hydrogens (primary N) is 1. The van der Waals surface area contributed by atoms with Crippen molar-refractivity contribution in [2.45, 2.75) is 57.2 Å². The number of hydrogen-bond donors (Lipinski definition) is 3. The molecule has 6 heteroatoms. The summed E-state index contributed by atoms with van der Waals surface area (Å²) in [6.07, 6.45) is 4.75. The molecular weight excluding hydrogens is 306 g/mol. The second kappa shape index (κ2) is 7.66. The maximum atomic E-state index is 12.3. The van der Waals surface area contributed by atoms with Crippen LogP contribution in [0.1, 0.15) is 39.0 Å². The second-order valence-corrected chi connectivity index (χ2v) is 6.57. The fourth-order valence-electron chi connectivity index (χ4n) is 3.62. The summed E-state index contributed by atoms with van der Waals surface area (Å²) in [4.78, 5) is 24.5. The average Bonchev–Trinajstić information content (AvgIpc) is 2.57. The number of quaternary nitrogens is 1. The van der Waals surface area contributed by atoms with E-state index in [1.54, 1.807) is 0 Å². The lowest BCUT2D eigenvalue weighted by Crippen LogP contribution is -3.03. The van der Waals surface area contributed by atoms with Gasteiger partial charge in [-0.3, -0.25) is 9.59 Å². The van der Waals surface area contributed by atoms with Gasteiger partial charge in [0.15, 0.2) is 6.04 Å². The topological polar surface area (TPSA) is 84.0 Å². The molecule has 0 aromatic heterocycles. The standard InChI is InChI=1S/C18H25N3O3/c1-2-24-13-9-7-12(8-10-13)19-17(22)11-16-18(23)21-15-6-4-3-5-14(15)20-16/h7-10,14-16,20H,2-6,11H2,1H3,(H,19,22)(H,21,23)/p+1/t14-,15+,16-/m0/s1. The van der Waals surface area contributed by atoms with Crippen LogP contribution in [0.5, 0.6) is 5.75 Å². The van der Waals surface area contributed by atoms with Crippen LogP contribution in [0.4, 0.5) is 5.69 Å². The molecule has 1 aliphatic carbocycles. The van der Waals surface area contributed by atoms with E-state index in [-0.39, 0.29) is 30.3 Å². The minimum absolute atomic E-state index is 0.0139. The predicted molar refractivity (Wildman–Crippen MR) is 90.8 cm³/mol. The third-order valence-corrected chi connectivity index (χ3v) is 4.82. The van der Waals surface area contributed by atoms with Crippen molar-refractivity contribution >= 4 is 17.5 Å². The number of carbonyl (C=O) groups excluding carboxylic acids is 2. The van der Waals surface area contributed by atoms with Crippen LogP contribution in [0, 0.1) is 0 Å². The van der Waals surface area contributed by atoms with Crippen LogP contribution in [-0.4, -0.2) is 36.5 Å². The van der Waals surface area contributed by atoms with E-state index >= 15 is 0 Å². The number of carbonyl (C=O) groups is 2. The largest absolute Gasteiger partial charge is 0.494 e. The quantitative estimate of drug-likeness (QED) is 0.745. The van der Waals surface area contributed by atoms with Crippen LogP contribution in [0.2, 0.25) is 0 Å². The number of ether oxygens (including phenoxy) is 1. The Bertz CT molecular complexity index is 588. The van der Waals surface area contributed by atoms with Crippen molar-refractivity contribution in [3.8, 4) is 5.75 Å². The second-order valence-electron chi connectivity index (χ2n) is 6.57. The third kappa shape index (κ3) is 4.06. The van der Waals surface area contributed by atoms with E-state index in [1.807, 2.05) is 31.2 Å². The Hall–Kier alpha value is -2.08. The van der Waals surface area contributed by atoms with E-state index in [2.05, 4.69) is 16.0 Å². The minimum Gasteiger partial charge on any atom is -0.494 e. The fraction of sp³-hybridized carbons (Fsp3) is 0.556. The molecule has 1 aliphatic heterocycles. The highest BCUT2D eigenvalue weighted by Crippen LogP contribution is 2.19. The average molecular weight is 332 g/mol. The first-order valence-electron chi connectivity index (χ1n) is 8.84. The van der Waals surface area contributed by atoms with Gasteiger partial charge < -0.3 is 20.7 Å². The highest BCUT2D eigenvalue weighted by atomic mass is 16.5. The molecule has 1 saturated carbocycles. The van der Waals surface area contributed by atoms with Gasteiger partial charge >= 0.3 is 0 Å². The summed E-state index contributed by atoms with van der Waals surface area (Å²) in [5, 5.41) is 8.05. The third-order valence-electron chi connectivity index (χ3n) is 4.82. The smallest absolute Gasteiger partial charge is 0.279 e. The van der Waals surface area contributed by atoms with Crippen molar-refractivity contribution in [1.82, 2.24) is 5.32 Å². The number of piperazine rings is 1. The molecule has 1 heterocycles. The first kappa shape index (κ1) is 16.8. The Morgan fingerprint density at radius 2 is 2.04 bits per heavy atom. The van der Waals surface area contributed by atoms with Crippen LogP contribution in [0.3, 0.4) is 0 Å². The lowest BCUT2D eigenvalue weighted by Gasteiger charge is -2.37. The van der Waals surface area contributed by atoms with Gasteiger partial charge in [-0.15, -0.1) is 0 Å². The van der Waals surface area contributed by atoms with Crippen molar-refractivity contribution in [3.05, 3.63) is 24.3 Å². The molecular formula is C18H26N3O3+. The molecule has 2 aliphatic rings. The number of hydrogen-bond acceptors (Lipinski definition) is 3. The van der Waals surface area contributed by atoms with Crippen molar-refractivity contribution in [2.24, 2.45) is 0 Å². The molecule has 6 nitrogen and oxygen atoms in total. The Morgan fingerprint density at radius 3 is 2.79 bits per heavy atom. The Kier molecular flexibility index (Phi) is 5.35. The van der Waals surface area contributed by atoms with Gasteiger partial charge in [0.1, 0.15) is 11.8 Å². The summed E-state index contributed by atoms with van der Waals surface area (Å²) >= 11 is 0. The monoisotopic (exact) mass is 332 g/mol. The van der Waals surface area contributed by atoms with Gasteiger partial charge in [-0.05, 0) is 44.0 Å². The van der Waals surface area contributed by atoms with Gasteiger partial charge in [0.2, 0.25) is 5.91 Å². The molecule has 2 fully saturated rings. The van der Waals surface area contributed by atoms with E-state index in [9.17, 15) is 9.59 Å². The number of fused-ring (bicyclic) bond motifs is 1. The molecule has 4 N–H and O–H groups in total. The zero-order chi connectivity index (χ0) is 16.9. The lowest BCUT2D eigenvalue weighted by atomic mass is 9.87. The number of rotatable bonds is 5. The molecule has 1 aromatic carbocycles. The predicted octanol–water partition coefficient (Wildman–Crippen LogP) is 0.787. The molecule has 1 saturated heterocycles. The van der Waals surface area contributed by atoms with E-state index in [1.165, 1.54) is 12.8 Å². The van der Waals surface area contributed by atoms with Crippen LogP contribution in [0.15, 0.2) is 24.3 Å². The Labute approximate surface area is 142 Å². The fourth-order valence-corrected chi connectivity index (χ4v) is 3.62. The Morgan fingerprint density at radius 1 is 1.29 bits per heavy atom. The molecule has 24 heavy (non-hydrogen) atoms. The minimum atomic E-state index is -0.327. The van der Waals surface area contributed by atoms with Crippen molar-refractivity contribution in [2.75, 3.05) is 11.9 Å². The molecule has 0 bridgehead atoms. The van der Waals surface area contributed by atoms with Crippen LogP contribution >= 0.6 is 0 Å². The molecule has 1 aromatic rings. The molecule has 0 radical (unpaired) electrons. The summed E-state index contributed by atoms with van der Waals surface area (Å²) < 4.78 is 5.38. The molecule has 0 spiro atoms. The Balaban J connectivity index is 1.53. The van der Waals surface area contributed by atoms with E-state index in [4.69, 9.17) is 4.74 Å². The zero-order valence-corrected chi connectivity index (χ0v) is 14.1. The molecule has 2 amide bonds. The summed E-state index contributed by atoms with van der Waals surface area (Å²) in [6.45, 7) is 2.54. The van der Waals surface area contributed by atoms with Gasteiger partial charge in [-0.25, -0.2) is 0 Å². The van der Waals surface area contributed by atoms with Crippen LogP contribution in [0.25, 0.3) is 0 Å². The molecule has 3 rings (SSSR count). The van der Waals surface area contributed by atoms with E-state index in [0.29, 0.717) is 12.6 Å². The first-order chi connectivity index (χ1) is 11.7.